The Balaban J connectivity index is 1.83. The highest BCUT2D eigenvalue weighted by Crippen LogP contribution is 2.28. The van der Waals surface area contributed by atoms with Crippen LogP contribution in [0.4, 0.5) is 5.69 Å². The van der Waals surface area contributed by atoms with Crippen LogP contribution in [0.25, 0.3) is 16.7 Å². The third-order valence-electron chi connectivity index (χ3n) is 5.46. The minimum atomic E-state index is 0.217. The summed E-state index contributed by atoms with van der Waals surface area (Å²) >= 11 is 0. The fourth-order valence-electron chi connectivity index (χ4n) is 3.64. The van der Waals surface area contributed by atoms with E-state index in [4.69, 9.17) is 0 Å². The summed E-state index contributed by atoms with van der Waals surface area (Å²) in [5.41, 5.74) is 4.62. The van der Waals surface area contributed by atoms with Crippen LogP contribution in [-0.4, -0.2) is 33.2 Å². The van der Waals surface area contributed by atoms with Crippen LogP contribution in [0.3, 0.4) is 0 Å². The second-order valence-corrected chi connectivity index (χ2v) is 7.74. The van der Waals surface area contributed by atoms with Crippen molar-refractivity contribution in [1.29, 1.82) is 0 Å². The van der Waals surface area contributed by atoms with Crippen molar-refractivity contribution in [3.63, 3.8) is 0 Å². The van der Waals surface area contributed by atoms with E-state index in [0.717, 1.165) is 36.2 Å². The molecule has 1 aromatic heterocycles. The van der Waals surface area contributed by atoms with E-state index < -0.39 is 0 Å². The number of phenolic OH excluding ortho intramolecular Hbond substituents is 1. The molecule has 3 rings (SSSR count). The molecule has 0 aliphatic rings. The predicted molar refractivity (Wildman–Crippen MR) is 121 cm³/mol. The van der Waals surface area contributed by atoms with Crippen LogP contribution in [0.1, 0.15) is 64.9 Å². The molecule has 2 aromatic carbocycles. The molecule has 29 heavy (non-hydrogen) atoms. The van der Waals surface area contributed by atoms with Crippen LogP contribution in [-0.2, 0) is 6.42 Å². The Morgan fingerprint density at radius 2 is 1.52 bits per heavy atom. The summed E-state index contributed by atoms with van der Waals surface area (Å²) in [4.78, 5) is 3.94. The standard InChI is InChI=1S/C24H34N4O/c1-4-7-9-15-27(16-10-8-5-2)20-12-14-23(24(29)18-20)28-25-21-13-11-19(6-3)17-22(21)26-28/h11-14,17-18,29H,4-10,15-16H2,1-3H3. The van der Waals surface area contributed by atoms with Gasteiger partial charge in [-0.05, 0) is 49.1 Å². The lowest BCUT2D eigenvalue weighted by Gasteiger charge is -2.25. The number of unbranched alkanes of at least 4 members (excludes halogenated alkanes) is 4. The largest absolute Gasteiger partial charge is 0.506 e. The summed E-state index contributed by atoms with van der Waals surface area (Å²) in [6.07, 6.45) is 8.22. The summed E-state index contributed by atoms with van der Waals surface area (Å²) in [6, 6.07) is 12.0. The Hall–Kier alpha value is -2.56. The van der Waals surface area contributed by atoms with Crippen molar-refractivity contribution in [2.24, 2.45) is 0 Å². The number of aromatic hydroxyl groups is 1. The molecule has 0 unspecified atom stereocenters. The van der Waals surface area contributed by atoms with Crippen molar-refractivity contribution in [3.05, 3.63) is 42.0 Å². The molecule has 0 atom stereocenters. The number of aryl methyl sites for hydroxylation is 1. The number of phenols is 1. The fourth-order valence-corrected chi connectivity index (χ4v) is 3.64. The van der Waals surface area contributed by atoms with E-state index in [1.54, 1.807) is 4.80 Å². The van der Waals surface area contributed by atoms with E-state index in [1.807, 2.05) is 18.2 Å². The highest BCUT2D eigenvalue weighted by Gasteiger charge is 2.13. The van der Waals surface area contributed by atoms with Gasteiger partial charge < -0.3 is 10.0 Å². The maximum absolute atomic E-state index is 10.7. The highest BCUT2D eigenvalue weighted by molar-refractivity contribution is 5.75. The van der Waals surface area contributed by atoms with Crippen LogP contribution in [0.15, 0.2) is 36.4 Å². The molecular weight excluding hydrogens is 360 g/mol. The van der Waals surface area contributed by atoms with Crippen molar-refractivity contribution in [3.8, 4) is 11.4 Å². The predicted octanol–water partition coefficient (Wildman–Crippen LogP) is 5.88. The quantitative estimate of drug-likeness (QED) is 0.413. The zero-order valence-corrected chi connectivity index (χ0v) is 18.1. The van der Waals surface area contributed by atoms with Gasteiger partial charge in [-0.3, -0.25) is 0 Å². The lowest BCUT2D eigenvalue weighted by molar-refractivity contribution is 0.467. The van der Waals surface area contributed by atoms with Crippen molar-refractivity contribution in [2.45, 2.75) is 65.7 Å². The Bertz CT molecular complexity index is 908. The number of rotatable bonds is 11. The number of anilines is 1. The van der Waals surface area contributed by atoms with Gasteiger partial charge in [0.15, 0.2) is 0 Å². The van der Waals surface area contributed by atoms with Crippen molar-refractivity contribution in [1.82, 2.24) is 15.0 Å². The molecule has 0 spiro atoms. The minimum absolute atomic E-state index is 0.217. The summed E-state index contributed by atoms with van der Waals surface area (Å²) in [7, 11) is 0. The van der Waals surface area contributed by atoms with E-state index in [2.05, 4.69) is 54.1 Å². The molecule has 0 radical (unpaired) electrons. The average molecular weight is 395 g/mol. The Labute approximate surface area is 174 Å². The van der Waals surface area contributed by atoms with E-state index in [0.29, 0.717) is 5.69 Å². The molecule has 0 bridgehead atoms. The summed E-state index contributed by atoms with van der Waals surface area (Å²) < 4.78 is 0. The lowest BCUT2D eigenvalue weighted by atomic mass is 10.1. The molecule has 5 heteroatoms. The van der Waals surface area contributed by atoms with E-state index >= 15 is 0 Å². The molecular formula is C24H34N4O. The van der Waals surface area contributed by atoms with Gasteiger partial charge in [-0.15, -0.1) is 15.0 Å². The number of hydrogen-bond acceptors (Lipinski definition) is 4. The first-order valence-corrected chi connectivity index (χ1v) is 11.1. The van der Waals surface area contributed by atoms with Gasteiger partial charge in [-0.25, -0.2) is 0 Å². The van der Waals surface area contributed by atoms with Gasteiger partial charge in [0.1, 0.15) is 22.5 Å². The van der Waals surface area contributed by atoms with Crippen LogP contribution < -0.4 is 4.90 Å². The number of nitrogens with zero attached hydrogens (tertiary/aromatic N) is 4. The topological polar surface area (TPSA) is 54.2 Å². The normalized spacial score (nSPS) is 11.3. The van der Waals surface area contributed by atoms with Crippen LogP contribution in [0, 0.1) is 0 Å². The van der Waals surface area contributed by atoms with Gasteiger partial charge in [0.2, 0.25) is 0 Å². The number of benzene rings is 2. The third-order valence-corrected chi connectivity index (χ3v) is 5.46. The minimum Gasteiger partial charge on any atom is -0.506 e. The molecule has 0 aliphatic heterocycles. The Kier molecular flexibility index (Phi) is 7.50. The van der Waals surface area contributed by atoms with Crippen molar-refractivity contribution in [2.75, 3.05) is 18.0 Å². The Morgan fingerprint density at radius 1 is 0.828 bits per heavy atom. The average Bonchev–Trinajstić information content (AvgIpc) is 3.15. The van der Waals surface area contributed by atoms with Gasteiger partial charge in [0.05, 0.1) is 0 Å². The van der Waals surface area contributed by atoms with Gasteiger partial charge in [0.25, 0.3) is 0 Å². The number of fused-ring (bicyclic) bond motifs is 1. The molecule has 1 N–H and O–H groups in total. The van der Waals surface area contributed by atoms with Gasteiger partial charge in [-0.2, -0.15) is 0 Å². The monoisotopic (exact) mass is 394 g/mol. The zero-order valence-electron chi connectivity index (χ0n) is 18.1. The van der Waals surface area contributed by atoms with E-state index in [-0.39, 0.29) is 5.75 Å². The summed E-state index contributed by atoms with van der Waals surface area (Å²) in [5, 5.41) is 19.9. The number of aromatic nitrogens is 3. The maximum Gasteiger partial charge on any atom is 0.145 e. The molecule has 0 saturated carbocycles. The molecule has 0 aliphatic carbocycles. The van der Waals surface area contributed by atoms with Crippen LogP contribution in [0.2, 0.25) is 0 Å². The molecule has 156 valence electrons. The molecule has 5 nitrogen and oxygen atoms in total. The maximum atomic E-state index is 10.7. The second kappa shape index (κ2) is 10.3. The van der Waals surface area contributed by atoms with Gasteiger partial charge in [-0.1, -0.05) is 52.5 Å². The third kappa shape index (κ3) is 5.28. The highest BCUT2D eigenvalue weighted by atomic mass is 16.3. The second-order valence-electron chi connectivity index (χ2n) is 7.74. The van der Waals surface area contributed by atoms with Gasteiger partial charge in [0, 0.05) is 24.8 Å². The lowest BCUT2D eigenvalue weighted by Crippen LogP contribution is -2.25. The zero-order chi connectivity index (χ0) is 20.6. The first kappa shape index (κ1) is 21.2. The fraction of sp³-hybridized carbons (Fsp3) is 0.500. The molecule has 0 saturated heterocycles. The molecule has 3 aromatic rings. The van der Waals surface area contributed by atoms with Crippen LogP contribution >= 0.6 is 0 Å². The van der Waals surface area contributed by atoms with Gasteiger partial charge >= 0.3 is 0 Å². The van der Waals surface area contributed by atoms with Crippen molar-refractivity contribution < 1.29 is 5.11 Å². The SMILES string of the molecule is CCCCCN(CCCCC)c1ccc(-n2nc3ccc(CC)cc3n2)c(O)c1. The van der Waals surface area contributed by atoms with Crippen LogP contribution in [0.5, 0.6) is 5.75 Å². The first-order chi connectivity index (χ1) is 14.2. The smallest absolute Gasteiger partial charge is 0.145 e. The molecule has 1 heterocycles. The number of hydrogen-bond donors (Lipinski definition) is 1. The molecule has 0 amide bonds. The first-order valence-electron chi connectivity index (χ1n) is 11.1. The van der Waals surface area contributed by atoms with E-state index in [9.17, 15) is 5.11 Å². The molecule has 0 fully saturated rings. The Morgan fingerprint density at radius 3 is 2.14 bits per heavy atom. The summed E-state index contributed by atoms with van der Waals surface area (Å²) in [6.45, 7) is 8.64. The summed E-state index contributed by atoms with van der Waals surface area (Å²) in [5.74, 6) is 0.217. The van der Waals surface area contributed by atoms with Crippen molar-refractivity contribution >= 4 is 16.7 Å². The van der Waals surface area contributed by atoms with E-state index in [1.165, 1.54) is 44.1 Å².